The van der Waals surface area contributed by atoms with Crippen molar-refractivity contribution in [1.82, 2.24) is 15.1 Å². The summed E-state index contributed by atoms with van der Waals surface area (Å²) in [5.41, 5.74) is 4.51. The zero-order valence-corrected chi connectivity index (χ0v) is 22.3. The molecular weight excluding hydrogens is 480 g/mol. The van der Waals surface area contributed by atoms with E-state index in [-0.39, 0.29) is 42.6 Å². The molecule has 8 heteroatoms. The highest BCUT2D eigenvalue weighted by Crippen LogP contribution is 2.38. The molecule has 0 spiro atoms. The number of benzene rings is 2. The Morgan fingerprint density at radius 2 is 1.84 bits per heavy atom. The smallest absolute Gasteiger partial charge is 0.256 e. The summed E-state index contributed by atoms with van der Waals surface area (Å²) in [6, 6.07) is 14.1. The normalized spacial score (nSPS) is 27.6. The number of aliphatic hydroxyl groups is 1. The van der Waals surface area contributed by atoms with Gasteiger partial charge in [0, 0.05) is 64.0 Å². The van der Waals surface area contributed by atoms with Crippen LogP contribution in [0.1, 0.15) is 57.5 Å². The van der Waals surface area contributed by atoms with Crippen LogP contribution >= 0.6 is 0 Å². The van der Waals surface area contributed by atoms with E-state index in [4.69, 9.17) is 4.74 Å². The van der Waals surface area contributed by atoms with Gasteiger partial charge in [0.05, 0.1) is 23.5 Å². The third-order valence-corrected chi connectivity index (χ3v) is 9.12. The summed E-state index contributed by atoms with van der Waals surface area (Å²) in [6.07, 6.45) is 4.13. The number of nitrogens with zero attached hydrogens (tertiary/aromatic N) is 3. The standard InChI is InChI=1S/C30H38N4O4/c1-32-11-12-33(18-28(35)26-13-19-5-3-4-6-21(19)17-31-26)30(37)25-10-7-20(14-27(25)32)29(36)34-22-8-9-23(34)16-24(15-22)38-2/h3-7,10,14,22-24,26,28,31,35H,8-9,11-13,15-18H2,1-2H3. The summed E-state index contributed by atoms with van der Waals surface area (Å²) in [4.78, 5) is 33.1. The lowest BCUT2D eigenvalue weighted by Crippen LogP contribution is -2.50. The minimum absolute atomic E-state index is 0.0517. The van der Waals surface area contributed by atoms with Crippen molar-refractivity contribution in [3.63, 3.8) is 0 Å². The van der Waals surface area contributed by atoms with Crippen molar-refractivity contribution >= 4 is 17.5 Å². The monoisotopic (exact) mass is 518 g/mol. The van der Waals surface area contributed by atoms with Crippen molar-refractivity contribution in [2.24, 2.45) is 0 Å². The zero-order valence-electron chi connectivity index (χ0n) is 22.3. The van der Waals surface area contributed by atoms with Crippen LogP contribution in [0.25, 0.3) is 0 Å². The van der Waals surface area contributed by atoms with Gasteiger partial charge in [0.1, 0.15) is 0 Å². The van der Waals surface area contributed by atoms with Crippen LogP contribution in [0.3, 0.4) is 0 Å². The van der Waals surface area contributed by atoms with E-state index in [1.54, 1.807) is 24.1 Å². The molecule has 2 aromatic rings. The maximum atomic E-state index is 13.6. The minimum Gasteiger partial charge on any atom is -0.390 e. The van der Waals surface area contributed by atoms with Crippen molar-refractivity contribution < 1.29 is 19.4 Å². The number of piperidine rings is 1. The van der Waals surface area contributed by atoms with E-state index in [0.717, 1.165) is 44.3 Å². The molecule has 4 heterocycles. The van der Waals surface area contributed by atoms with Gasteiger partial charge in [-0.3, -0.25) is 9.59 Å². The first-order valence-corrected chi connectivity index (χ1v) is 13.9. The molecule has 0 aliphatic carbocycles. The molecule has 2 amide bonds. The predicted molar refractivity (Wildman–Crippen MR) is 145 cm³/mol. The molecule has 2 fully saturated rings. The number of hydrogen-bond donors (Lipinski definition) is 2. The van der Waals surface area contributed by atoms with Gasteiger partial charge in [-0.05, 0) is 61.4 Å². The number of nitrogens with one attached hydrogen (secondary N) is 1. The van der Waals surface area contributed by atoms with Crippen molar-refractivity contribution in [1.29, 1.82) is 0 Å². The number of β-amino-alcohol motifs (C(OH)–C–C–N with tert-alkyl or cyclic N) is 1. The van der Waals surface area contributed by atoms with Crippen LogP contribution in [-0.2, 0) is 17.7 Å². The topological polar surface area (TPSA) is 85.3 Å². The second-order valence-electron chi connectivity index (χ2n) is 11.4. The van der Waals surface area contributed by atoms with E-state index in [9.17, 15) is 14.7 Å². The fourth-order valence-electron chi connectivity index (χ4n) is 6.90. The first-order chi connectivity index (χ1) is 18.4. The quantitative estimate of drug-likeness (QED) is 0.633. The van der Waals surface area contributed by atoms with Gasteiger partial charge in [-0.2, -0.15) is 0 Å². The average Bonchev–Trinajstić information content (AvgIpc) is 3.15. The SMILES string of the molecule is COC1CC2CCC(C1)N2C(=O)c1ccc2c(c1)N(C)CCN(CC(O)C1Cc3ccccc3CN1)C2=O. The summed E-state index contributed by atoms with van der Waals surface area (Å²) >= 11 is 0. The molecule has 202 valence electrons. The lowest BCUT2D eigenvalue weighted by Gasteiger charge is -2.38. The van der Waals surface area contributed by atoms with E-state index in [1.165, 1.54) is 11.1 Å². The Hall–Kier alpha value is -2.94. The predicted octanol–water partition coefficient (Wildman–Crippen LogP) is 2.44. The number of carbonyl (C=O) groups excluding carboxylic acids is 2. The lowest BCUT2D eigenvalue weighted by atomic mass is 9.92. The zero-order chi connectivity index (χ0) is 26.4. The molecule has 4 aliphatic heterocycles. The molecule has 2 N–H and O–H groups in total. The number of methoxy groups -OCH3 is 1. The number of fused-ring (bicyclic) bond motifs is 4. The van der Waals surface area contributed by atoms with Gasteiger partial charge in [-0.1, -0.05) is 24.3 Å². The number of anilines is 1. The van der Waals surface area contributed by atoms with Gasteiger partial charge in [0.15, 0.2) is 0 Å². The second-order valence-corrected chi connectivity index (χ2v) is 11.4. The number of hydrogen-bond acceptors (Lipinski definition) is 6. The average molecular weight is 519 g/mol. The molecule has 4 unspecified atom stereocenters. The molecule has 4 atom stereocenters. The van der Waals surface area contributed by atoms with Crippen LogP contribution in [0, 0.1) is 0 Å². The van der Waals surface area contributed by atoms with Crippen molar-refractivity contribution in [3.05, 3.63) is 64.7 Å². The largest absolute Gasteiger partial charge is 0.390 e. The third-order valence-electron chi connectivity index (χ3n) is 9.12. The maximum absolute atomic E-state index is 13.6. The number of aliphatic hydroxyl groups excluding tert-OH is 1. The van der Waals surface area contributed by atoms with E-state index in [2.05, 4.69) is 27.2 Å². The van der Waals surface area contributed by atoms with E-state index in [0.29, 0.717) is 24.2 Å². The molecule has 0 saturated carbocycles. The number of likely N-dealkylation sites (N-methyl/N-ethyl adjacent to an activating group) is 1. The van der Waals surface area contributed by atoms with Gasteiger partial charge >= 0.3 is 0 Å². The van der Waals surface area contributed by atoms with Crippen LogP contribution in [-0.4, -0.2) is 90.8 Å². The fourth-order valence-corrected chi connectivity index (χ4v) is 6.90. The van der Waals surface area contributed by atoms with Gasteiger partial charge in [0.25, 0.3) is 11.8 Å². The van der Waals surface area contributed by atoms with E-state index in [1.807, 2.05) is 25.2 Å². The van der Waals surface area contributed by atoms with Crippen molar-refractivity contribution in [2.75, 3.05) is 38.7 Å². The van der Waals surface area contributed by atoms with Crippen molar-refractivity contribution in [2.45, 2.75) is 69.0 Å². The van der Waals surface area contributed by atoms with Crippen molar-refractivity contribution in [3.8, 4) is 0 Å². The third kappa shape index (κ3) is 4.59. The molecule has 8 nitrogen and oxygen atoms in total. The Bertz CT molecular complexity index is 1200. The Morgan fingerprint density at radius 3 is 2.58 bits per heavy atom. The van der Waals surface area contributed by atoms with Gasteiger partial charge in [-0.15, -0.1) is 0 Å². The van der Waals surface area contributed by atoms with E-state index < -0.39 is 6.10 Å². The molecule has 38 heavy (non-hydrogen) atoms. The highest BCUT2D eigenvalue weighted by Gasteiger charge is 2.43. The highest BCUT2D eigenvalue weighted by atomic mass is 16.5. The van der Waals surface area contributed by atoms with Crippen LogP contribution in [0.15, 0.2) is 42.5 Å². The Morgan fingerprint density at radius 1 is 1.11 bits per heavy atom. The molecule has 2 bridgehead atoms. The minimum atomic E-state index is -0.675. The molecule has 6 rings (SSSR count). The Kier molecular flexibility index (Phi) is 6.88. The second kappa shape index (κ2) is 10.3. The Balaban J connectivity index is 1.17. The number of ether oxygens (including phenoxy) is 1. The highest BCUT2D eigenvalue weighted by molar-refractivity contribution is 6.03. The summed E-state index contributed by atoms with van der Waals surface area (Å²) < 4.78 is 5.60. The first kappa shape index (κ1) is 25.3. The van der Waals surface area contributed by atoms with E-state index >= 15 is 0 Å². The van der Waals surface area contributed by atoms with Gasteiger partial charge in [0.2, 0.25) is 0 Å². The lowest BCUT2D eigenvalue weighted by molar-refractivity contribution is 0.00821. The molecular formula is C30H38N4O4. The number of carbonyl (C=O) groups is 2. The molecule has 0 aromatic heterocycles. The van der Waals surface area contributed by atoms with Gasteiger partial charge < -0.3 is 29.9 Å². The molecule has 2 aromatic carbocycles. The number of amides is 2. The summed E-state index contributed by atoms with van der Waals surface area (Å²) in [5.74, 6) is -0.0459. The van der Waals surface area contributed by atoms with Crippen LogP contribution < -0.4 is 10.2 Å². The maximum Gasteiger partial charge on any atom is 0.256 e. The molecule has 2 saturated heterocycles. The fraction of sp³-hybridized carbons (Fsp3) is 0.533. The summed E-state index contributed by atoms with van der Waals surface area (Å²) in [5, 5.41) is 14.5. The van der Waals surface area contributed by atoms with Crippen LogP contribution in [0.2, 0.25) is 0 Å². The number of rotatable bonds is 5. The summed E-state index contributed by atoms with van der Waals surface area (Å²) in [7, 11) is 3.72. The van der Waals surface area contributed by atoms with Crippen LogP contribution in [0.5, 0.6) is 0 Å². The van der Waals surface area contributed by atoms with Gasteiger partial charge in [-0.25, -0.2) is 0 Å². The summed E-state index contributed by atoms with van der Waals surface area (Å²) in [6.45, 7) is 2.14. The first-order valence-electron chi connectivity index (χ1n) is 13.9. The molecule has 4 aliphatic rings. The molecule has 0 radical (unpaired) electrons. The Labute approximate surface area is 224 Å². The van der Waals surface area contributed by atoms with Crippen LogP contribution in [0.4, 0.5) is 5.69 Å².